The van der Waals surface area contributed by atoms with Crippen LogP contribution in [0.3, 0.4) is 0 Å². The molecule has 3 nitrogen and oxygen atoms in total. The highest BCUT2D eigenvalue weighted by Crippen LogP contribution is 2.17. The Kier molecular flexibility index (Phi) is 4.62. The minimum Gasteiger partial charge on any atom is -0.385 e. The Bertz CT molecular complexity index is 487. The molecule has 0 amide bonds. The number of nitrogens with zero attached hydrogens (tertiary/aromatic N) is 1. The molecule has 0 bridgehead atoms. The van der Waals surface area contributed by atoms with E-state index < -0.39 is 0 Å². The Balaban J connectivity index is 1.80. The fourth-order valence-electron chi connectivity index (χ4n) is 2.21. The Morgan fingerprint density at radius 3 is 2.83 bits per heavy atom. The van der Waals surface area contributed by atoms with Crippen LogP contribution in [0.5, 0.6) is 0 Å². The van der Waals surface area contributed by atoms with Gasteiger partial charge < -0.3 is 10.3 Å². The zero-order valence-electron chi connectivity index (χ0n) is 11.4. The summed E-state index contributed by atoms with van der Waals surface area (Å²) in [5.74, 6) is 0.974. The van der Waals surface area contributed by atoms with Crippen LogP contribution in [0.2, 0.25) is 0 Å². The van der Waals surface area contributed by atoms with Gasteiger partial charge in [0.1, 0.15) is 5.82 Å². The molecule has 0 aliphatic carbocycles. The van der Waals surface area contributed by atoms with Crippen LogP contribution in [-0.4, -0.2) is 16.5 Å². The van der Waals surface area contributed by atoms with E-state index in [1.54, 1.807) is 0 Å². The molecule has 3 heteroatoms. The van der Waals surface area contributed by atoms with Crippen LogP contribution in [-0.2, 0) is 0 Å². The van der Waals surface area contributed by atoms with E-state index in [4.69, 9.17) is 0 Å². The molecule has 0 saturated carbocycles. The van der Waals surface area contributed by atoms with Gasteiger partial charge in [-0.1, -0.05) is 32.6 Å². The van der Waals surface area contributed by atoms with Crippen molar-refractivity contribution in [1.29, 1.82) is 0 Å². The van der Waals surface area contributed by atoms with Gasteiger partial charge in [-0.2, -0.15) is 0 Å². The molecule has 2 rings (SSSR count). The minimum atomic E-state index is 0.974. The fraction of sp³-hybridized carbons (Fsp3) is 0.533. The van der Waals surface area contributed by atoms with E-state index in [9.17, 15) is 0 Å². The Morgan fingerprint density at radius 1 is 1.17 bits per heavy atom. The van der Waals surface area contributed by atoms with Crippen molar-refractivity contribution in [3.63, 3.8) is 0 Å². The van der Waals surface area contributed by atoms with Crippen molar-refractivity contribution in [2.75, 3.05) is 11.9 Å². The summed E-state index contributed by atoms with van der Waals surface area (Å²) in [5, 5.41) is 3.48. The van der Waals surface area contributed by atoms with E-state index in [0.717, 1.165) is 23.4 Å². The number of H-pyrrole nitrogens is 1. The molecule has 0 radical (unpaired) electrons. The maximum Gasteiger partial charge on any atom is 0.104 e. The standard InChI is InChI=1S/C15H23N3/c1-3-4-5-6-7-10-16-13-8-9-14-15(11-13)18-12(2)17-14/h8-9,11,16H,3-7,10H2,1-2H3,(H,17,18). The fourth-order valence-corrected chi connectivity index (χ4v) is 2.21. The van der Waals surface area contributed by atoms with E-state index >= 15 is 0 Å². The van der Waals surface area contributed by atoms with Gasteiger partial charge in [0.2, 0.25) is 0 Å². The lowest BCUT2D eigenvalue weighted by Gasteiger charge is -2.06. The summed E-state index contributed by atoms with van der Waals surface area (Å²) in [6, 6.07) is 6.31. The van der Waals surface area contributed by atoms with Crippen LogP contribution >= 0.6 is 0 Å². The van der Waals surface area contributed by atoms with Crippen molar-refractivity contribution < 1.29 is 0 Å². The zero-order chi connectivity index (χ0) is 12.8. The highest BCUT2D eigenvalue weighted by atomic mass is 14.9. The molecular formula is C15H23N3. The highest BCUT2D eigenvalue weighted by molar-refractivity contribution is 5.79. The third-order valence-electron chi connectivity index (χ3n) is 3.21. The van der Waals surface area contributed by atoms with Crippen molar-refractivity contribution in [2.45, 2.75) is 46.0 Å². The molecule has 0 saturated heterocycles. The first-order chi connectivity index (χ1) is 8.79. The van der Waals surface area contributed by atoms with Crippen molar-refractivity contribution in [3.05, 3.63) is 24.0 Å². The average Bonchev–Trinajstić information content (AvgIpc) is 2.73. The van der Waals surface area contributed by atoms with Gasteiger partial charge in [0.05, 0.1) is 11.0 Å². The van der Waals surface area contributed by atoms with Gasteiger partial charge in [0.25, 0.3) is 0 Å². The summed E-state index contributed by atoms with van der Waals surface area (Å²) in [4.78, 5) is 7.67. The first kappa shape index (κ1) is 12.9. The van der Waals surface area contributed by atoms with E-state index in [0.29, 0.717) is 0 Å². The van der Waals surface area contributed by atoms with Crippen LogP contribution in [0.4, 0.5) is 5.69 Å². The number of rotatable bonds is 7. The molecule has 1 heterocycles. The third kappa shape index (κ3) is 3.49. The van der Waals surface area contributed by atoms with Crippen LogP contribution < -0.4 is 5.32 Å². The zero-order valence-corrected chi connectivity index (χ0v) is 11.4. The lowest BCUT2D eigenvalue weighted by Crippen LogP contribution is -2.01. The molecule has 1 aromatic carbocycles. The number of aromatic amines is 1. The lowest BCUT2D eigenvalue weighted by molar-refractivity contribution is 0.645. The number of unbranched alkanes of at least 4 members (excludes halogenated alkanes) is 4. The smallest absolute Gasteiger partial charge is 0.104 e. The molecule has 18 heavy (non-hydrogen) atoms. The van der Waals surface area contributed by atoms with Crippen LogP contribution in [0.15, 0.2) is 18.2 Å². The second-order valence-corrected chi connectivity index (χ2v) is 4.90. The summed E-state index contributed by atoms with van der Waals surface area (Å²) in [6.07, 6.45) is 6.60. The largest absolute Gasteiger partial charge is 0.385 e. The van der Waals surface area contributed by atoms with Gasteiger partial charge in [-0.25, -0.2) is 4.98 Å². The van der Waals surface area contributed by atoms with Gasteiger partial charge in [0.15, 0.2) is 0 Å². The van der Waals surface area contributed by atoms with Gasteiger partial charge in [-0.3, -0.25) is 0 Å². The number of imidazole rings is 1. The summed E-state index contributed by atoms with van der Waals surface area (Å²) < 4.78 is 0. The minimum absolute atomic E-state index is 0.974. The Morgan fingerprint density at radius 2 is 2.00 bits per heavy atom. The molecule has 0 spiro atoms. The van der Waals surface area contributed by atoms with Crippen molar-refractivity contribution in [3.8, 4) is 0 Å². The first-order valence-electron chi connectivity index (χ1n) is 7.00. The van der Waals surface area contributed by atoms with Gasteiger partial charge in [-0.05, 0) is 31.5 Å². The monoisotopic (exact) mass is 245 g/mol. The number of aromatic nitrogens is 2. The lowest BCUT2D eigenvalue weighted by atomic mass is 10.1. The summed E-state index contributed by atoms with van der Waals surface area (Å²) in [7, 11) is 0. The van der Waals surface area contributed by atoms with Crippen molar-refractivity contribution in [1.82, 2.24) is 9.97 Å². The average molecular weight is 245 g/mol. The molecule has 0 atom stereocenters. The molecule has 98 valence electrons. The number of hydrogen-bond acceptors (Lipinski definition) is 2. The predicted molar refractivity (Wildman–Crippen MR) is 78.1 cm³/mol. The number of fused-ring (bicyclic) bond motifs is 1. The second kappa shape index (κ2) is 6.43. The van der Waals surface area contributed by atoms with Gasteiger partial charge in [0, 0.05) is 12.2 Å². The van der Waals surface area contributed by atoms with E-state index in [-0.39, 0.29) is 0 Å². The molecule has 2 N–H and O–H groups in total. The normalized spacial score (nSPS) is 11.0. The number of hydrogen-bond donors (Lipinski definition) is 2. The van der Waals surface area contributed by atoms with E-state index in [1.165, 1.54) is 37.8 Å². The SMILES string of the molecule is CCCCCCCNc1ccc2nc(C)[nH]c2c1. The maximum absolute atomic E-state index is 4.40. The second-order valence-electron chi connectivity index (χ2n) is 4.90. The van der Waals surface area contributed by atoms with E-state index in [1.807, 2.05) is 6.92 Å². The molecule has 2 aromatic rings. The van der Waals surface area contributed by atoms with Crippen molar-refractivity contribution in [2.24, 2.45) is 0 Å². The summed E-state index contributed by atoms with van der Waals surface area (Å²) in [6.45, 7) is 5.29. The predicted octanol–water partition coefficient (Wildman–Crippen LogP) is 4.25. The van der Waals surface area contributed by atoms with Gasteiger partial charge >= 0.3 is 0 Å². The number of anilines is 1. The topological polar surface area (TPSA) is 40.7 Å². The summed E-state index contributed by atoms with van der Waals surface area (Å²) >= 11 is 0. The molecule has 0 aliphatic heterocycles. The molecule has 1 aromatic heterocycles. The van der Waals surface area contributed by atoms with Crippen LogP contribution in [0.25, 0.3) is 11.0 Å². The number of nitrogens with one attached hydrogen (secondary N) is 2. The summed E-state index contributed by atoms with van der Waals surface area (Å²) in [5.41, 5.74) is 3.34. The number of aryl methyl sites for hydroxylation is 1. The first-order valence-corrected chi connectivity index (χ1v) is 7.00. The van der Waals surface area contributed by atoms with Gasteiger partial charge in [-0.15, -0.1) is 0 Å². The maximum atomic E-state index is 4.40. The quantitative estimate of drug-likeness (QED) is 0.716. The van der Waals surface area contributed by atoms with E-state index in [2.05, 4.69) is 40.4 Å². The van der Waals surface area contributed by atoms with Crippen LogP contribution in [0.1, 0.15) is 44.9 Å². The van der Waals surface area contributed by atoms with Crippen LogP contribution in [0, 0.1) is 6.92 Å². The highest BCUT2D eigenvalue weighted by Gasteiger charge is 2.00. The Hall–Kier alpha value is -1.51. The van der Waals surface area contributed by atoms with Crippen molar-refractivity contribution >= 4 is 16.7 Å². The molecule has 0 aliphatic rings. The molecule has 0 unspecified atom stereocenters. The molecular weight excluding hydrogens is 222 g/mol. The number of benzene rings is 1. The Labute approximate surface area is 109 Å². The molecule has 0 fully saturated rings. The third-order valence-corrected chi connectivity index (χ3v) is 3.21.